The van der Waals surface area contributed by atoms with Crippen LogP contribution in [0.25, 0.3) is 12.2 Å². The van der Waals surface area contributed by atoms with Gasteiger partial charge in [-0.1, -0.05) is 6.07 Å². The zero-order valence-electron chi connectivity index (χ0n) is 7.32. The molecule has 0 fully saturated rings. The molecule has 2 aromatic rings. The number of nitrogens with one attached hydrogen (secondary N) is 1. The molecule has 0 unspecified atom stereocenters. The fourth-order valence-corrected chi connectivity index (χ4v) is 1.70. The molecular weight excluding hydrogens is 180 g/mol. The molecule has 0 radical (unpaired) electrons. The van der Waals surface area contributed by atoms with Gasteiger partial charge in [0.25, 0.3) is 0 Å². The Labute approximate surface area is 81.0 Å². The van der Waals surface area contributed by atoms with Crippen LogP contribution in [0.5, 0.6) is 0 Å². The van der Waals surface area contributed by atoms with Crippen LogP contribution in [0.15, 0.2) is 23.7 Å². The maximum atomic E-state index is 4.11. The van der Waals surface area contributed by atoms with E-state index >= 15 is 0 Å². The Balaban J connectivity index is 2.14. The van der Waals surface area contributed by atoms with Crippen molar-refractivity contribution in [1.29, 1.82) is 0 Å². The molecule has 0 saturated heterocycles. The van der Waals surface area contributed by atoms with Crippen molar-refractivity contribution in [3.8, 4) is 0 Å². The van der Waals surface area contributed by atoms with Crippen molar-refractivity contribution < 1.29 is 0 Å². The van der Waals surface area contributed by atoms with E-state index < -0.39 is 0 Å². The maximum absolute atomic E-state index is 4.11. The average molecular weight is 190 g/mol. The van der Waals surface area contributed by atoms with E-state index in [1.54, 1.807) is 11.3 Å². The highest BCUT2D eigenvalue weighted by Crippen LogP contribution is 2.12. The zero-order valence-corrected chi connectivity index (χ0v) is 8.14. The molecule has 0 spiro atoms. The predicted octanol–water partition coefficient (Wildman–Crippen LogP) is 2.95. The van der Waals surface area contributed by atoms with Crippen molar-refractivity contribution in [2.45, 2.75) is 6.92 Å². The number of hydrogen-bond donors (Lipinski definition) is 1. The smallest absolute Gasteiger partial charge is 0.103 e. The van der Waals surface area contributed by atoms with Crippen molar-refractivity contribution >= 4 is 23.5 Å². The highest BCUT2D eigenvalue weighted by molar-refractivity contribution is 7.10. The predicted molar refractivity (Wildman–Crippen MR) is 56.6 cm³/mol. The van der Waals surface area contributed by atoms with E-state index in [9.17, 15) is 0 Å². The minimum atomic E-state index is 0.950. The van der Waals surface area contributed by atoms with Gasteiger partial charge >= 0.3 is 0 Å². The lowest BCUT2D eigenvalue weighted by Crippen LogP contribution is -1.71. The Bertz CT molecular complexity index is 398. The number of aromatic nitrogens is 2. The van der Waals surface area contributed by atoms with Crippen molar-refractivity contribution in [2.24, 2.45) is 0 Å². The third kappa shape index (κ3) is 2.06. The topological polar surface area (TPSA) is 28.7 Å². The molecule has 0 saturated carbocycles. The lowest BCUT2D eigenvalue weighted by atomic mass is 10.3. The van der Waals surface area contributed by atoms with Gasteiger partial charge in [0.15, 0.2) is 0 Å². The number of aryl methyl sites for hydroxylation is 1. The molecule has 66 valence electrons. The lowest BCUT2D eigenvalue weighted by molar-refractivity contribution is 1.15. The second kappa shape index (κ2) is 3.58. The second-order valence-electron chi connectivity index (χ2n) is 2.77. The standard InChI is InChI=1S/C10H10N2S/c1-8-11-7-9(12-8)4-5-10-3-2-6-13-10/h2-7H,1H3,(H,11,12)/b5-4+. The highest BCUT2D eigenvalue weighted by Gasteiger charge is 1.91. The van der Waals surface area contributed by atoms with Crippen LogP contribution in [0.2, 0.25) is 0 Å². The van der Waals surface area contributed by atoms with Crippen LogP contribution in [-0.2, 0) is 0 Å². The molecule has 0 atom stereocenters. The average Bonchev–Trinajstić information content (AvgIpc) is 2.71. The maximum Gasteiger partial charge on any atom is 0.103 e. The van der Waals surface area contributed by atoms with Gasteiger partial charge in [-0.25, -0.2) is 4.98 Å². The van der Waals surface area contributed by atoms with Crippen molar-refractivity contribution in [3.05, 3.63) is 40.1 Å². The summed E-state index contributed by atoms with van der Waals surface area (Å²) in [5, 5.41) is 2.07. The molecule has 0 amide bonds. The quantitative estimate of drug-likeness (QED) is 0.775. The van der Waals surface area contributed by atoms with E-state index in [4.69, 9.17) is 0 Å². The van der Waals surface area contributed by atoms with E-state index in [0.29, 0.717) is 0 Å². The molecule has 1 N–H and O–H groups in total. The van der Waals surface area contributed by atoms with Crippen LogP contribution in [0.1, 0.15) is 16.4 Å². The van der Waals surface area contributed by atoms with E-state index in [2.05, 4.69) is 27.5 Å². The Morgan fingerprint density at radius 2 is 2.38 bits per heavy atom. The lowest BCUT2D eigenvalue weighted by Gasteiger charge is -1.83. The molecular formula is C10H10N2S. The summed E-state index contributed by atoms with van der Waals surface area (Å²) in [5.41, 5.74) is 1.05. The van der Waals surface area contributed by atoms with Gasteiger partial charge in [-0.05, 0) is 30.5 Å². The number of rotatable bonds is 2. The number of H-pyrrole nitrogens is 1. The van der Waals surface area contributed by atoms with Crippen LogP contribution < -0.4 is 0 Å². The first-order chi connectivity index (χ1) is 6.34. The fourth-order valence-electron chi connectivity index (χ4n) is 1.08. The Kier molecular flexibility index (Phi) is 2.27. The van der Waals surface area contributed by atoms with E-state index in [0.717, 1.165) is 11.5 Å². The first-order valence-electron chi connectivity index (χ1n) is 4.08. The number of imidazole rings is 1. The molecule has 2 rings (SSSR count). The summed E-state index contributed by atoms with van der Waals surface area (Å²) in [4.78, 5) is 8.52. The van der Waals surface area contributed by atoms with E-state index in [1.807, 2.05) is 25.3 Å². The summed E-state index contributed by atoms with van der Waals surface area (Å²) in [5.74, 6) is 0.950. The Morgan fingerprint density at radius 3 is 3.00 bits per heavy atom. The van der Waals surface area contributed by atoms with Crippen LogP contribution >= 0.6 is 11.3 Å². The minimum Gasteiger partial charge on any atom is -0.343 e. The van der Waals surface area contributed by atoms with E-state index in [1.165, 1.54) is 4.88 Å². The highest BCUT2D eigenvalue weighted by atomic mass is 32.1. The summed E-state index contributed by atoms with van der Waals surface area (Å²) in [7, 11) is 0. The summed E-state index contributed by atoms with van der Waals surface area (Å²) in [6.07, 6.45) is 5.95. The molecule has 0 bridgehead atoms. The Morgan fingerprint density at radius 1 is 1.46 bits per heavy atom. The van der Waals surface area contributed by atoms with Gasteiger partial charge in [-0.2, -0.15) is 0 Å². The SMILES string of the molecule is Cc1ncc(/C=C/c2cccs2)[nH]1. The molecule has 13 heavy (non-hydrogen) atoms. The van der Waals surface area contributed by atoms with Crippen molar-refractivity contribution in [2.75, 3.05) is 0 Å². The molecule has 0 aliphatic rings. The normalized spacial score (nSPS) is 11.2. The van der Waals surface area contributed by atoms with Crippen LogP contribution in [0.3, 0.4) is 0 Å². The Hall–Kier alpha value is -1.35. The monoisotopic (exact) mass is 190 g/mol. The van der Waals surface area contributed by atoms with Crippen molar-refractivity contribution in [3.63, 3.8) is 0 Å². The fraction of sp³-hybridized carbons (Fsp3) is 0.100. The third-order valence-electron chi connectivity index (χ3n) is 1.69. The van der Waals surface area contributed by atoms with Gasteiger partial charge < -0.3 is 4.98 Å². The van der Waals surface area contributed by atoms with E-state index in [-0.39, 0.29) is 0 Å². The molecule has 2 aromatic heterocycles. The van der Waals surface area contributed by atoms with Gasteiger partial charge in [0.1, 0.15) is 5.82 Å². The van der Waals surface area contributed by atoms with Crippen LogP contribution in [0, 0.1) is 6.92 Å². The third-order valence-corrected chi connectivity index (χ3v) is 2.53. The van der Waals surface area contributed by atoms with Crippen LogP contribution in [0.4, 0.5) is 0 Å². The number of hydrogen-bond acceptors (Lipinski definition) is 2. The van der Waals surface area contributed by atoms with Crippen LogP contribution in [-0.4, -0.2) is 9.97 Å². The molecule has 0 aromatic carbocycles. The summed E-state index contributed by atoms with van der Waals surface area (Å²) in [6, 6.07) is 4.13. The van der Waals surface area contributed by atoms with Gasteiger partial charge in [0, 0.05) is 4.88 Å². The summed E-state index contributed by atoms with van der Waals surface area (Å²) < 4.78 is 0. The largest absolute Gasteiger partial charge is 0.343 e. The number of thiophene rings is 1. The van der Waals surface area contributed by atoms with Crippen molar-refractivity contribution in [1.82, 2.24) is 9.97 Å². The molecule has 0 aliphatic heterocycles. The molecule has 2 heterocycles. The summed E-state index contributed by atoms with van der Waals surface area (Å²) >= 11 is 1.73. The van der Waals surface area contributed by atoms with Gasteiger partial charge in [0.2, 0.25) is 0 Å². The first kappa shape index (κ1) is 8.26. The first-order valence-corrected chi connectivity index (χ1v) is 4.96. The van der Waals surface area contributed by atoms with Gasteiger partial charge in [-0.3, -0.25) is 0 Å². The number of aromatic amines is 1. The van der Waals surface area contributed by atoms with Gasteiger partial charge in [-0.15, -0.1) is 11.3 Å². The zero-order chi connectivity index (χ0) is 9.10. The molecule has 3 heteroatoms. The molecule has 0 aliphatic carbocycles. The summed E-state index contributed by atoms with van der Waals surface area (Å²) in [6.45, 7) is 1.95. The number of nitrogens with zero attached hydrogens (tertiary/aromatic N) is 1. The molecule has 2 nitrogen and oxygen atoms in total. The minimum absolute atomic E-state index is 0.950. The van der Waals surface area contributed by atoms with Gasteiger partial charge in [0.05, 0.1) is 11.9 Å². The second-order valence-corrected chi connectivity index (χ2v) is 3.75.